The van der Waals surface area contributed by atoms with Crippen LogP contribution in [0.2, 0.25) is 0 Å². The number of rotatable bonds is 4. The molecule has 0 spiro atoms. The fraction of sp³-hybridized carbons (Fsp3) is 0.286. The number of fused-ring (bicyclic) bond motifs is 1. The number of benzene rings is 1. The SMILES string of the molecule is CCOc1ccc2c(C(=O)N3CCN(c4ccccn4)CC3)cc(=O)oc2c1. The van der Waals surface area contributed by atoms with E-state index in [0.717, 1.165) is 5.82 Å². The fourth-order valence-electron chi connectivity index (χ4n) is 3.43. The van der Waals surface area contributed by atoms with E-state index in [9.17, 15) is 9.59 Å². The van der Waals surface area contributed by atoms with E-state index in [1.807, 2.05) is 25.1 Å². The highest BCUT2D eigenvalue weighted by molar-refractivity contribution is 6.05. The summed E-state index contributed by atoms with van der Waals surface area (Å²) in [5.74, 6) is 1.35. The van der Waals surface area contributed by atoms with Gasteiger partial charge in [-0.1, -0.05) is 6.07 Å². The van der Waals surface area contributed by atoms with Crippen LogP contribution in [0.4, 0.5) is 5.82 Å². The van der Waals surface area contributed by atoms with Crippen molar-refractivity contribution >= 4 is 22.7 Å². The zero-order valence-electron chi connectivity index (χ0n) is 15.6. The van der Waals surface area contributed by atoms with Crippen molar-refractivity contribution in [3.63, 3.8) is 0 Å². The van der Waals surface area contributed by atoms with E-state index in [1.165, 1.54) is 6.07 Å². The monoisotopic (exact) mass is 379 g/mol. The van der Waals surface area contributed by atoms with Crippen LogP contribution in [-0.4, -0.2) is 48.6 Å². The van der Waals surface area contributed by atoms with E-state index in [-0.39, 0.29) is 5.91 Å². The van der Waals surface area contributed by atoms with Crippen LogP contribution < -0.4 is 15.3 Å². The van der Waals surface area contributed by atoms with Gasteiger partial charge in [0.25, 0.3) is 5.91 Å². The minimum absolute atomic E-state index is 0.164. The molecule has 4 rings (SSSR count). The number of piperazine rings is 1. The minimum Gasteiger partial charge on any atom is -0.494 e. The second-order valence-electron chi connectivity index (χ2n) is 6.54. The Bertz CT molecular complexity index is 1040. The third-order valence-electron chi connectivity index (χ3n) is 4.80. The van der Waals surface area contributed by atoms with Gasteiger partial charge in [-0.25, -0.2) is 9.78 Å². The summed E-state index contributed by atoms with van der Waals surface area (Å²) < 4.78 is 10.7. The molecule has 7 heteroatoms. The van der Waals surface area contributed by atoms with Crippen molar-refractivity contribution in [3.8, 4) is 5.75 Å². The van der Waals surface area contributed by atoms with E-state index >= 15 is 0 Å². The molecule has 1 amide bonds. The Kier molecular flexibility index (Phi) is 4.97. The third-order valence-corrected chi connectivity index (χ3v) is 4.80. The predicted molar refractivity (Wildman–Crippen MR) is 106 cm³/mol. The summed E-state index contributed by atoms with van der Waals surface area (Å²) in [6.07, 6.45) is 1.76. The van der Waals surface area contributed by atoms with Crippen LogP contribution in [-0.2, 0) is 0 Å². The third kappa shape index (κ3) is 3.55. The average molecular weight is 379 g/mol. The lowest BCUT2D eigenvalue weighted by atomic mass is 10.1. The molecule has 1 aliphatic rings. The highest BCUT2D eigenvalue weighted by Gasteiger charge is 2.25. The van der Waals surface area contributed by atoms with Gasteiger partial charge >= 0.3 is 5.63 Å². The van der Waals surface area contributed by atoms with Crippen molar-refractivity contribution in [3.05, 3.63) is 64.6 Å². The van der Waals surface area contributed by atoms with E-state index < -0.39 is 5.63 Å². The molecule has 1 saturated heterocycles. The fourth-order valence-corrected chi connectivity index (χ4v) is 3.43. The average Bonchev–Trinajstić information content (AvgIpc) is 2.73. The molecule has 0 atom stereocenters. The molecular weight excluding hydrogens is 358 g/mol. The van der Waals surface area contributed by atoms with Crippen LogP contribution in [0.1, 0.15) is 17.3 Å². The molecule has 2 aromatic heterocycles. The Balaban J connectivity index is 1.57. The number of nitrogens with zero attached hydrogens (tertiary/aromatic N) is 3. The van der Waals surface area contributed by atoms with Gasteiger partial charge in [-0.05, 0) is 31.2 Å². The number of anilines is 1. The van der Waals surface area contributed by atoms with Gasteiger partial charge in [0.1, 0.15) is 17.2 Å². The maximum absolute atomic E-state index is 13.1. The number of pyridine rings is 1. The Morgan fingerprint density at radius 3 is 2.68 bits per heavy atom. The molecule has 3 aromatic rings. The lowest BCUT2D eigenvalue weighted by molar-refractivity contribution is 0.0748. The number of amides is 1. The summed E-state index contributed by atoms with van der Waals surface area (Å²) in [6, 6.07) is 12.3. The Labute approximate surface area is 162 Å². The van der Waals surface area contributed by atoms with Crippen molar-refractivity contribution in [1.82, 2.24) is 9.88 Å². The largest absolute Gasteiger partial charge is 0.494 e. The molecule has 0 N–H and O–H groups in total. The Hall–Kier alpha value is -3.35. The number of hydrogen-bond donors (Lipinski definition) is 0. The molecule has 0 saturated carbocycles. The van der Waals surface area contributed by atoms with Crippen LogP contribution in [0.15, 0.2) is 57.9 Å². The number of carbonyl (C=O) groups is 1. The zero-order chi connectivity index (χ0) is 19.5. The number of ether oxygens (including phenoxy) is 1. The standard InChI is InChI=1S/C21H21N3O4/c1-2-27-15-6-7-16-17(14-20(25)28-18(16)13-15)21(26)24-11-9-23(10-12-24)19-5-3-4-8-22-19/h3-8,13-14H,2,9-12H2,1H3. The summed E-state index contributed by atoms with van der Waals surface area (Å²) >= 11 is 0. The van der Waals surface area contributed by atoms with Gasteiger partial charge in [-0.15, -0.1) is 0 Å². The normalized spacial score (nSPS) is 14.3. The molecule has 1 fully saturated rings. The smallest absolute Gasteiger partial charge is 0.337 e. The second kappa shape index (κ2) is 7.72. The lowest BCUT2D eigenvalue weighted by Crippen LogP contribution is -2.49. The molecule has 0 radical (unpaired) electrons. The Morgan fingerprint density at radius 1 is 1.14 bits per heavy atom. The summed E-state index contributed by atoms with van der Waals surface area (Å²) in [5, 5.41) is 0.611. The first kappa shape index (κ1) is 18.0. The highest BCUT2D eigenvalue weighted by atomic mass is 16.5. The molecule has 0 unspecified atom stereocenters. The van der Waals surface area contributed by atoms with Crippen LogP contribution in [0, 0.1) is 0 Å². The highest BCUT2D eigenvalue weighted by Crippen LogP contribution is 2.24. The van der Waals surface area contributed by atoms with Gasteiger partial charge in [0, 0.05) is 49.9 Å². The van der Waals surface area contributed by atoms with E-state index in [1.54, 1.807) is 29.3 Å². The second-order valence-corrected chi connectivity index (χ2v) is 6.54. The maximum Gasteiger partial charge on any atom is 0.337 e. The van der Waals surface area contributed by atoms with Crippen molar-refractivity contribution in [1.29, 1.82) is 0 Å². The molecule has 3 heterocycles. The summed E-state index contributed by atoms with van der Waals surface area (Å²) in [4.78, 5) is 33.4. The molecule has 1 aliphatic heterocycles. The Morgan fingerprint density at radius 2 is 1.96 bits per heavy atom. The predicted octanol–water partition coefficient (Wildman–Crippen LogP) is 2.55. The van der Waals surface area contributed by atoms with Crippen LogP contribution in [0.5, 0.6) is 5.75 Å². The first-order chi connectivity index (χ1) is 13.7. The molecule has 0 bridgehead atoms. The first-order valence-corrected chi connectivity index (χ1v) is 9.31. The van der Waals surface area contributed by atoms with Crippen molar-refractivity contribution in [2.45, 2.75) is 6.92 Å². The minimum atomic E-state index is -0.545. The number of aromatic nitrogens is 1. The molecule has 7 nitrogen and oxygen atoms in total. The van der Waals surface area contributed by atoms with Gasteiger partial charge in [0.05, 0.1) is 12.2 Å². The molecule has 144 valence electrons. The quantitative estimate of drug-likeness (QED) is 0.649. The van der Waals surface area contributed by atoms with Crippen LogP contribution in [0.3, 0.4) is 0 Å². The molecule has 28 heavy (non-hydrogen) atoms. The first-order valence-electron chi connectivity index (χ1n) is 9.31. The zero-order valence-corrected chi connectivity index (χ0v) is 15.6. The van der Waals surface area contributed by atoms with E-state index in [2.05, 4.69) is 9.88 Å². The maximum atomic E-state index is 13.1. The van der Waals surface area contributed by atoms with E-state index in [0.29, 0.717) is 55.1 Å². The lowest BCUT2D eigenvalue weighted by Gasteiger charge is -2.35. The molecular formula is C21H21N3O4. The molecule has 1 aromatic carbocycles. The number of hydrogen-bond acceptors (Lipinski definition) is 6. The number of carbonyl (C=O) groups excluding carboxylic acids is 1. The van der Waals surface area contributed by atoms with Crippen molar-refractivity contribution in [2.24, 2.45) is 0 Å². The van der Waals surface area contributed by atoms with Crippen LogP contribution in [0.25, 0.3) is 11.0 Å². The van der Waals surface area contributed by atoms with Crippen LogP contribution >= 0.6 is 0 Å². The summed E-state index contributed by atoms with van der Waals surface area (Å²) in [7, 11) is 0. The van der Waals surface area contributed by atoms with Crippen molar-refractivity contribution in [2.75, 3.05) is 37.7 Å². The molecule has 0 aliphatic carbocycles. The van der Waals surface area contributed by atoms with Gasteiger partial charge in [-0.2, -0.15) is 0 Å². The summed E-state index contributed by atoms with van der Waals surface area (Å²) in [6.45, 7) is 4.90. The van der Waals surface area contributed by atoms with Gasteiger partial charge in [0.15, 0.2) is 0 Å². The van der Waals surface area contributed by atoms with Gasteiger partial charge < -0.3 is 19.0 Å². The van der Waals surface area contributed by atoms with Crippen molar-refractivity contribution < 1.29 is 13.9 Å². The van der Waals surface area contributed by atoms with Gasteiger partial charge in [-0.3, -0.25) is 4.79 Å². The topological polar surface area (TPSA) is 75.9 Å². The summed E-state index contributed by atoms with van der Waals surface area (Å²) in [5.41, 5.74) is 0.172. The van der Waals surface area contributed by atoms with Gasteiger partial charge in [0.2, 0.25) is 0 Å². The van der Waals surface area contributed by atoms with E-state index in [4.69, 9.17) is 9.15 Å².